The molecule has 2 fully saturated rings. The minimum atomic E-state index is -0.164. The van der Waals surface area contributed by atoms with Gasteiger partial charge in [0.15, 0.2) is 0 Å². The molecule has 4 rings (SSSR count). The summed E-state index contributed by atoms with van der Waals surface area (Å²) in [5.41, 5.74) is 0.859. The van der Waals surface area contributed by atoms with Crippen molar-refractivity contribution in [1.82, 2.24) is 19.8 Å². The average Bonchev–Trinajstić information content (AvgIpc) is 3.29. The summed E-state index contributed by atoms with van der Waals surface area (Å²) in [4.78, 5) is 26.2. The molecule has 2 aromatic rings. The van der Waals surface area contributed by atoms with Crippen LogP contribution in [0.2, 0.25) is 0 Å². The number of aromatic nitrogens is 2. The highest BCUT2D eigenvalue weighted by molar-refractivity contribution is 7.09. The van der Waals surface area contributed by atoms with Crippen LogP contribution in [0.4, 0.5) is 0 Å². The van der Waals surface area contributed by atoms with E-state index < -0.39 is 0 Å². The predicted octanol–water partition coefficient (Wildman–Crippen LogP) is 2.53. The van der Waals surface area contributed by atoms with Gasteiger partial charge in [0.25, 0.3) is 0 Å². The molecule has 1 atom stereocenters. The number of carbonyl (C=O) groups is 1. The number of nitrogens with zero attached hydrogens (tertiary/aromatic N) is 4. The van der Waals surface area contributed by atoms with Crippen LogP contribution in [0.3, 0.4) is 0 Å². The summed E-state index contributed by atoms with van der Waals surface area (Å²) in [6.07, 6.45) is 3.80. The van der Waals surface area contributed by atoms with E-state index in [0.29, 0.717) is 12.5 Å². The highest BCUT2D eigenvalue weighted by Crippen LogP contribution is 2.41. The van der Waals surface area contributed by atoms with Crippen molar-refractivity contribution in [2.45, 2.75) is 32.9 Å². The van der Waals surface area contributed by atoms with E-state index in [4.69, 9.17) is 0 Å². The molecule has 4 heterocycles. The summed E-state index contributed by atoms with van der Waals surface area (Å²) >= 11 is 3.34. The monoisotopic (exact) mass is 348 g/mol. The maximum atomic E-state index is 13.0. The van der Waals surface area contributed by atoms with Crippen molar-refractivity contribution in [1.29, 1.82) is 0 Å². The Labute approximate surface area is 144 Å². The second kappa shape index (κ2) is 5.96. The Bertz CT molecular complexity index is 699. The molecule has 0 aliphatic carbocycles. The van der Waals surface area contributed by atoms with E-state index in [2.05, 4.69) is 20.2 Å². The van der Waals surface area contributed by atoms with Crippen LogP contribution in [-0.2, 0) is 17.9 Å². The highest BCUT2D eigenvalue weighted by atomic mass is 32.1. The number of aryl methyl sites for hydroxylation is 1. The molecule has 23 heavy (non-hydrogen) atoms. The second-order valence-electron chi connectivity index (χ2n) is 6.50. The van der Waals surface area contributed by atoms with Crippen molar-refractivity contribution in [3.05, 3.63) is 32.7 Å². The van der Waals surface area contributed by atoms with E-state index in [1.54, 1.807) is 22.7 Å². The first-order valence-electron chi connectivity index (χ1n) is 7.96. The van der Waals surface area contributed by atoms with Gasteiger partial charge < -0.3 is 4.90 Å². The zero-order valence-corrected chi connectivity index (χ0v) is 14.8. The van der Waals surface area contributed by atoms with Gasteiger partial charge in [0, 0.05) is 30.0 Å². The van der Waals surface area contributed by atoms with E-state index >= 15 is 0 Å². The van der Waals surface area contributed by atoms with Crippen LogP contribution in [0, 0.1) is 12.3 Å². The van der Waals surface area contributed by atoms with E-state index in [1.165, 1.54) is 0 Å². The van der Waals surface area contributed by atoms with Crippen LogP contribution in [-0.4, -0.2) is 45.3 Å². The molecule has 2 saturated heterocycles. The average molecular weight is 348 g/mol. The lowest BCUT2D eigenvalue weighted by Gasteiger charge is -2.23. The Balaban J connectivity index is 1.41. The molecule has 5 nitrogen and oxygen atoms in total. The van der Waals surface area contributed by atoms with Crippen LogP contribution in [0.5, 0.6) is 0 Å². The molecule has 2 aromatic heterocycles. The van der Waals surface area contributed by atoms with Gasteiger partial charge in [-0.25, -0.2) is 9.97 Å². The maximum absolute atomic E-state index is 13.0. The third-order valence-corrected chi connectivity index (χ3v) is 6.48. The van der Waals surface area contributed by atoms with Gasteiger partial charge in [-0.05, 0) is 26.3 Å². The van der Waals surface area contributed by atoms with Gasteiger partial charge in [-0.1, -0.05) is 0 Å². The van der Waals surface area contributed by atoms with E-state index in [1.807, 2.05) is 23.4 Å². The number of likely N-dealkylation sites (tertiary alicyclic amines) is 2. The normalized spacial score (nSPS) is 25.1. The van der Waals surface area contributed by atoms with Crippen LogP contribution in [0.15, 0.2) is 17.0 Å². The molecule has 0 radical (unpaired) electrons. The zero-order valence-electron chi connectivity index (χ0n) is 13.2. The SMILES string of the molecule is Cc1nc(CN2CCC3(CCN(Cc4nccs4)C3)C2=O)cs1. The second-order valence-corrected chi connectivity index (χ2v) is 8.54. The molecule has 1 spiro atoms. The lowest BCUT2D eigenvalue weighted by molar-refractivity contribution is -0.136. The van der Waals surface area contributed by atoms with Gasteiger partial charge in [0.2, 0.25) is 5.91 Å². The Kier molecular flexibility index (Phi) is 3.95. The summed E-state index contributed by atoms with van der Waals surface area (Å²) < 4.78 is 0. The highest BCUT2D eigenvalue weighted by Gasteiger charge is 2.50. The lowest BCUT2D eigenvalue weighted by Crippen LogP contribution is -2.36. The topological polar surface area (TPSA) is 49.3 Å². The number of carbonyl (C=O) groups excluding carboxylic acids is 1. The molecule has 1 unspecified atom stereocenters. The van der Waals surface area contributed by atoms with Gasteiger partial charge in [0.05, 0.1) is 29.2 Å². The molecular formula is C16H20N4OS2. The number of rotatable bonds is 4. The quantitative estimate of drug-likeness (QED) is 0.852. The minimum absolute atomic E-state index is 0.164. The largest absolute Gasteiger partial charge is 0.336 e. The molecule has 122 valence electrons. The number of amides is 1. The molecule has 7 heteroatoms. The van der Waals surface area contributed by atoms with Gasteiger partial charge in [-0.3, -0.25) is 9.69 Å². The number of hydrogen-bond acceptors (Lipinski definition) is 6. The zero-order chi connectivity index (χ0) is 15.9. The van der Waals surface area contributed by atoms with Crippen molar-refractivity contribution in [2.24, 2.45) is 5.41 Å². The molecule has 2 aliphatic rings. The first-order chi connectivity index (χ1) is 11.1. The van der Waals surface area contributed by atoms with Gasteiger partial charge in [-0.2, -0.15) is 0 Å². The molecule has 0 aromatic carbocycles. The van der Waals surface area contributed by atoms with Crippen LogP contribution >= 0.6 is 22.7 Å². The van der Waals surface area contributed by atoms with Gasteiger partial charge in [0.1, 0.15) is 5.01 Å². The lowest BCUT2D eigenvalue weighted by atomic mass is 9.85. The Morgan fingerprint density at radius 3 is 2.87 bits per heavy atom. The van der Waals surface area contributed by atoms with Crippen LogP contribution in [0.25, 0.3) is 0 Å². The van der Waals surface area contributed by atoms with E-state index in [0.717, 1.165) is 54.7 Å². The predicted molar refractivity (Wildman–Crippen MR) is 91.3 cm³/mol. The van der Waals surface area contributed by atoms with Crippen molar-refractivity contribution in [2.75, 3.05) is 19.6 Å². The third kappa shape index (κ3) is 2.93. The summed E-state index contributed by atoms with van der Waals surface area (Å²) in [6, 6.07) is 0. The summed E-state index contributed by atoms with van der Waals surface area (Å²) in [5, 5.41) is 6.29. The first-order valence-corrected chi connectivity index (χ1v) is 9.72. The fourth-order valence-electron chi connectivity index (χ4n) is 3.71. The molecular weight excluding hydrogens is 328 g/mol. The smallest absolute Gasteiger partial charge is 0.230 e. The Morgan fingerprint density at radius 2 is 2.13 bits per heavy atom. The standard InChI is InChI=1S/C16H20N4OS2/c1-12-18-13(10-23-12)8-20-6-3-16(15(20)21)2-5-19(11-16)9-14-17-4-7-22-14/h4,7,10H,2-3,5-6,8-9,11H2,1H3. The van der Waals surface area contributed by atoms with Crippen LogP contribution in [0.1, 0.15) is 28.6 Å². The summed E-state index contributed by atoms with van der Waals surface area (Å²) in [6.45, 7) is 6.28. The fourth-order valence-corrected chi connectivity index (χ4v) is 4.98. The van der Waals surface area contributed by atoms with E-state index in [-0.39, 0.29) is 5.41 Å². The Hall–Kier alpha value is -1.31. The van der Waals surface area contributed by atoms with Gasteiger partial charge in [-0.15, -0.1) is 22.7 Å². The Morgan fingerprint density at radius 1 is 1.26 bits per heavy atom. The molecule has 2 aliphatic heterocycles. The number of hydrogen-bond donors (Lipinski definition) is 0. The molecule has 0 saturated carbocycles. The van der Waals surface area contributed by atoms with Crippen LogP contribution < -0.4 is 0 Å². The third-order valence-electron chi connectivity index (χ3n) is 4.90. The molecule has 1 amide bonds. The fraction of sp³-hybridized carbons (Fsp3) is 0.562. The number of thiazole rings is 2. The first kappa shape index (κ1) is 15.2. The van der Waals surface area contributed by atoms with Crippen molar-refractivity contribution < 1.29 is 4.79 Å². The van der Waals surface area contributed by atoms with E-state index in [9.17, 15) is 4.79 Å². The summed E-state index contributed by atoms with van der Waals surface area (Å²) in [7, 11) is 0. The van der Waals surface area contributed by atoms with Crippen molar-refractivity contribution >= 4 is 28.6 Å². The maximum Gasteiger partial charge on any atom is 0.230 e. The van der Waals surface area contributed by atoms with Crippen molar-refractivity contribution in [3.8, 4) is 0 Å². The van der Waals surface area contributed by atoms with Gasteiger partial charge >= 0.3 is 0 Å². The summed E-state index contributed by atoms with van der Waals surface area (Å²) in [5.74, 6) is 0.324. The minimum Gasteiger partial charge on any atom is -0.336 e. The molecule has 0 N–H and O–H groups in total. The molecule has 0 bridgehead atoms. The van der Waals surface area contributed by atoms with Crippen molar-refractivity contribution in [3.63, 3.8) is 0 Å².